The lowest BCUT2D eigenvalue weighted by molar-refractivity contribution is -0.120. The fourth-order valence-corrected chi connectivity index (χ4v) is 3.11. The lowest BCUT2D eigenvalue weighted by Gasteiger charge is -2.10. The van der Waals surface area contributed by atoms with Crippen LogP contribution in [0.15, 0.2) is 30.3 Å². The minimum absolute atomic E-state index is 0.0204. The molecular weight excluding hydrogens is 314 g/mol. The molecule has 2 rings (SSSR count). The van der Waals surface area contributed by atoms with Crippen LogP contribution in [0.2, 0.25) is 0 Å². The first-order chi connectivity index (χ1) is 11.0. The highest BCUT2D eigenvalue weighted by Crippen LogP contribution is 2.20. The van der Waals surface area contributed by atoms with Gasteiger partial charge in [0.2, 0.25) is 5.91 Å². The van der Waals surface area contributed by atoms with E-state index in [0.717, 1.165) is 10.4 Å². The van der Waals surface area contributed by atoms with Crippen molar-refractivity contribution in [3.8, 4) is 5.75 Å². The van der Waals surface area contributed by atoms with Crippen LogP contribution in [0.5, 0.6) is 5.75 Å². The van der Waals surface area contributed by atoms with E-state index in [1.807, 2.05) is 19.1 Å². The van der Waals surface area contributed by atoms with Gasteiger partial charge in [-0.3, -0.25) is 4.79 Å². The number of methoxy groups -OCH3 is 1. The largest absolute Gasteiger partial charge is 0.496 e. The van der Waals surface area contributed by atoms with Crippen molar-refractivity contribution in [3.63, 3.8) is 0 Å². The number of aryl methyl sites for hydroxylation is 1. The number of ether oxygens (including phenoxy) is 1. The second-order valence-corrected chi connectivity index (χ2v) is 6.49. The number of carbonyl (C=O) groups excluding carboxylic acids is 1. The quantitative estimate of drug-likeness (QED) is 0.817. The van der Waals surface area contributed by atoms with Crippen molar-refractivity contribution >= 4 is 23.2 Å². The minimum Gasteiger partial charge on any atom is -0.496 e. The third kappa shape index (κ3) is 4.82. The van der Waals surface area contributed by atoms with Gasteiger partial charge in [-0.2, -0.15) is 0 Å². The van der Waals surface area contributed by atoms with Crippen LogP contribution in [-0.2, 0) is 17.6 Å². The van der Waals surface area contributed by atoms with E-state index < -0.39 is 5.97 Å². The van der Waals surface area contributed by atoms with Gasteiger partial charge in [0.05, 0.1) is 19.1 Å². The summed E-state index contributed by atoms with van der Waals surface area (Å²) in [6, 6.07) is 8.72. The van der Waals surface area contributed by atoms with Gasteiger partial charge in [0.25, 0.3) is 0 Å². The normalized spacial score (nSPS) is 10.3. The van der Waals surface area contributed by atoms with Crippen molar-refractivity contribution in [2.45, 2.75) is 19.8 Å². The molecule has 0 unspecified atom stereocenters. The predicted molar refractivity (Wildman–Crippen MR) is 89.4 cm³/mol. The van der Waals surface area contributed by atoms with Crippen molar-refractivity contribution in [1.82, 2.24) is 5.32 Å². The highest BCUT2D eigenvalue weighted by atomic mass is 32.1. The number of carboxylic acids is 1. The predicted octanol–water partition coefficient (Wildman–Crippen LogP) is 2.66. The molecule has 6 heteroatoms. The Morgan fingerprint density at radius 2 is 2.04 bits per heavy atom. The molecule has 2 aromatic rings. The first kappa shape index (κ1) is 17.0. The molecule has 1 amide bonds. The zero-order valence-electron chi connectivity index (χ0n) is 13.1. The van der Waals surface area contributed by atoms with Crippen LogP contribution in [-0.4, -0.2) is 30.6 Å². The molecule has 2 N–H and O–H groups in total. The molecule has 23 heavy (non-hydrogen) atoms. The molecule has 0 fully saturated rings. The number of hydrogen-bond acceptors (Lipinski definition) is 4. The number of amides is 1. The van der Waals surface area contributed by atoms with Crippen LogP contribution in [0.1, 0.15) is 25.7 Å². The molecule has 0 radical (unpaired) electrons. The Hall–Kier alpha value is -2.34. The molecule has 1 heterocycles. The molecule has 1 aromatic carbocycles. The standard InChI is InChI=1S/C17H19NO4S/c1-11-3-6-14(23-11)10-16(19)18-8-7-12-4-5-13(17(20)21)9-15(12)22-2/h3-6,9H,7-8,10H2,1-2H3,(H,18,19)(H,20,21). The zero-order valence-corrected chi connectivity index (χ0v) is 13.9. The SMILES string of the molecule is COc1cc(C(=O)O)ccc1CCNC(=O)Cc1ccc(C)s1. The van der Waals surface area contributed by atoms with E-state index >= 15 is 0 Å². The summed E-state index contributed by atoms with van der Waals surface area (Å²) < 4.78 is 5.22. The molecule has 0 aliphatic heterocycles. The first-order valence-corrected chi connectivity index (χ1v) is 8.03. The Labute approximate surface area is 138 Å². The summed E-state index contributed by atoms with van der Waals surface area (Å²) in [6.07, 6.45) is 0.964. The lowest BCUT2D eigenvalue weighted by Crippen LogP contribution is -2.27. The third-order valence-corrected chi connectivity index (χ3v) is 4.38. The average molecular weight is 333 g/mol. The van der Waals surface area contributed by atoms with Gasteiger partial charge < -0.3 is 15.2 Å². The van der Waals surface area contributed by atoms with Crippen LogP contribution in [0.25, 0.3) is 0 Å². The summed E-state index contributed by atoms with van der Waals surface area (Å²) >= 11 is 1.62. The maximum Gasteiger partial charge on any atom is 0.335 e. The van der Waals surface area contributed by atoms with E-state index in [1.54, 1.807) is 17.4 Å². The topological polar surface area (TPSA) is 75.6 Å². The summed E-state index contributed by atoms with van der Waals surface area (Å²) in [5.41, 5.74) is 1.05. The van der Waals surface area contributed by atoms with Gasteiger partial charge in [0, 0.05) is 16.3 Å². The van der Waals surface area contributed by atoms with E-state index in [4.69, 9.17) is 9.84 Å². The molecule has 0 saturated carbocycles. The van der Waals surface area contributed by atoms with Crippen molar-refractivity contribution < 1.29 is 19.4 Å². The number of aromatic carboxylic acids is 1. The van der Waals surface area contributed by atoms with Gasteiger partial charge in [-0.15, -0.1) is 11.3 Å². The number of benzene rings is 1. The van der Waals surface area contributed by atoms with Crippen molar-refractivity contribution in [3.05, 3.63) is 51.2 Å². The smallest absolute Gasteiger partial charge is 0.335 e. The summed E-state index contributed by atoms with van der Waals surface area (Å²) in [5, 5.41) is 11.8. The van der Waals surface area contributed by atoms with Gasteiger partial charge in [-0.25, -0.2) is 4.79 Å². The van der Waals surface area contributed by atoms with Crippen LogP contribution in [0.3, 0.4) is 0 Å². The van der Waals surface area contributed by atoms with E-state index in [-0.39, 0.29) is 11.5 Å². The summed E-state index contributed by atoms with van der Waals surface area (Å²) in [6.45, 7) is 2.49. The maximum atomic E-state index is 11.9. The van der Waals surface area contributed by atoms with E-state index in [9.17, 15) is 9.59 Å². The monoisotopic (exact) mass is 333 g/mol. The first-order valence-electron chi connectivity index (χ1n) is 7.22. The number of carboxylic acid groups (broad SMARTS) is 1. The van der Waals surface area contributed by atoms with E-state index in [2.05, 4.69) is 5.32 Å². The summed E-state index contributed by atoms with van der Waals surface area (Å²) in [4.78, 5) is 25.1. The van der Waals surface area contributed by atoms with Crippen LogP contribution >= 0.6 is 11.3 Å². The molecule has 122 valence electrons. The Kier molecular flexibility index (Phi) is 5.76. The summed E-state index contributed by atoms with van der Waals surface area (Å²) in [7, 11) is 1.50. The van der Waals surface area contributed by atoms with Gasteiger partial charge in [-0.05, 0) is 43.2 Å². The number of carbonyl (C=O) groups is 2. The van der Waals surface area contributed by atoms with Crippen LogP contribution < -0.4 is 10.1 Å². The number of rotatable bonds is 7. The van der Waals surface area contributed by atoms with E-state index in [0.29, 0.717) is 25.1 Å². The molecule has 0 aliphatic rings. The lowest BCUT2D eigenvalue weighted by atomic mass is 10.1. The van der Waals surface area contributed by atoms with Crippen molar-refractivity contribution in [2.75, 3.05) is 13.7 Å². The number of thiophene rings is 1. The molecule has 0 saturated heterocycles. The Morgan fingerprint density at radius 1 is 1.26 bits per heavy atom. The Bertz CT molecular complexity index is 708. The minimum atomic E-state index is -0.991. The average Bonchev–Trinajstić information content (AvgIpc) is 2.92. The Balaban J connectivity index is 1.88. The fourth-order valence-electron chi connectivity index (χ4n) is 2.22. The van der Waals surface area contributed by atoms with Gasteiger partial charge >= 0.3 is 5.97 Å². The Morgan fingerprint density at radius 3 is 2.65 bits per heavy atom. The molecule has 0 bridgehead atoms. The zero-order chi connectivity index (χ0) is 16.8. The fraction of sp³-hybridized carbons (Fsp3) is 0.294. The summed E-state index contributed by atoms with van der Waals surface area (Å²) in [5.74, 6) is -0.490. The molecule has 1 aromatic heterocycles. The van der Waals surface area contributed by atoms with Crippen LogP contribution in [0.4, 0.5) is 0 Å². The molecular formula is C17H19NO4S. The second-order valence-electron chi connectivity index (χ2n) is 5.12. The maximum absolute atomic E-state index is 11.9. The van der Waals surface area contributed by atoms with Gasteiger partial charge in [0.1, 0.15) is 5.75 Å². The second kappa shape index (κ2) is 7.78. The van der Waals surface area contributed by atoms with Gasteiger partial charge in [0.15, 0.2) is 0 Å². The molecule has 5 nitrogen and oxygen atoms in total. The highest BCUT2D eigenvalue weighted by molar-refractivity contribution is 7.12. The molecule has 0 aliphatic carbocycles. The van der Waals surface area contributed by atoms with Crippen molar-refractivity contribution in [1.29, 1.82) is 0 Å². The molecule has 0 atom stereocenters. The highest BCUT2D eigenvalue weighted by Gasteiger charge is 2.10. The van der Waals surface area contributed by atoms with E-state index in [1.165, 1.54) is 24.1 Å². The number of hydrogen-bond donors (Lipinski definition) is 2. The molecule has 0 spiro atoms. The van der Waals surface area contributed by atoms with Crippen LogP contribution in [0, 0.1) is 6.92 Å². The van der Waals surface area contributed by atoms with Crippen molar-refractivity contribution in [2.24, 2.45) is 0 Å². The number of nitrogens with one attached hydrogen (secondary N) is 1. The third-order valence-electron chi connectivity index (χ3n) is 3.38. The van der Waals surface area contributed by atoms with Gasteiger partial charge in [-0.1, -0.05) is 6.07 Å².